The molecule has 3 nitrogen and oxygen atoms in total. The van der Waals surface area contributed by atoms with Crippen molar-refractivity contribution in [1.29, 1.82) is 0 Å². The molecular weight excluding hydrogens is 298 g/mol. The van der Waals surface area contributed by atoms with E-state index in [2.05, 4.69) is 19.2 Å². The first-order valence-electron chi connectivity index (χ1n) is 7.37. The van der Waals surface area contributed by atoms with Crippen LogP contribution in [0.15, 0.2) is 48.5 Å². The van der Waals surface area contributed by atoms with E-state index in [1.165, 1.54) is 0 Å². The first-order valence-corrected chi connectivity index (χ1v) is 7.75. The maximum Gasteiger partial charge on any atom is 0.262 e. The lowest BCUT2D eigenvalue weighted by atomic mass is 9.98. The number of benzene rings is 2. The van der Waals surface area contributed by atoms with E-state index in [-0.39, 0.29) is 12.5 Å². The van der Waals surface area contributed by atoms with Gasteiger partial charge in [-0.05, 0) is 48.2 Å². The Labute approximate surface area is 136 Å². The summed E-state index contributed by atoms with van der Waals surface area (Å²) in [6.45, 7) is 4.26. The van der Waals surface area contributed by atoms with Gasteiger partial charge in [-0.25, -0.2) is 0 Å². The Kier molecular flexibility index (Phi) is 5.84. The third-order valence-corrected chi connectivity index (χ3v) is 3.80. The molecule has 1 amide bonds. The fourth-order valence-electron chi connectivity index (χ4n) is 2.11. The molecule has 1 N–H and O–H groups in total. The number of carbonyl (C=O) groups excluding carboxylic acids is 1. The largest absolute Gasteiger partial charge is 0.483 e. The standard InChI is InChI=1S/C18H20ClNO2/c1-3-13(2)16-6-4-5-7-17(16)22-12-18(21)20-15-10-8-14(19)9-11-15/h4-11,13H,3,12H2,1-2H3,(H,20,21)/t13-/m1/s1. The normalized spacial score (nSPS) is 11.8. The predicted molar refractivity (Wildman–Crippen MR) is 90.7 cm³/mol. The molecule has 0 radical (unpaired) electrons. The Morgan fingerprint density at radius 3 is 2.55 bits per heavy atom. The summed E-state index contributed by atoms with van der Waals surface area (Å²) in [4.78, 5) is 12.0. The van der Waals surface area contributed by atoms with Crippen molar-refractivity contribution in [2.24, 2.45) is 0 Å². The lowest BCUT2D eigenvalue weighted by Crippen LogP contribution is -2.20. The zero-order chi connectivity index (χ0) is 15.9. The minimum atomic E-state index is -0.193. The summed E-state index contributed by atoms with van der Waals surface area (Å²) in [6, 6.07) is 14.8. The predicted octanol–water partition coefficient (Wildman–Crippen LogP) is 4.87. The monoisotopic (exact) mass is 317 g/mol. The Balaban J connectivity index is 1.95. The molecule has 0 aliphatic heterocycles. The summed E-state index contributed by atoms with van der Waals surface area (Å²) in [5.41, 5.74) is 1.83. The molecule has 0 fully saturated rings. The fourth-order valence-corrected chi connectivity index (χ4v) is 2.24. The van der Waals surface area contributed by atoms with Gasteiger partial charge >= 0.3 is 0 Å². The number of hydrogen-bond donors (Lipinski definition) is 1. The van der Waals surface area contributed by atoms with Crippen LogP contribution in [0.3, 0.4) is 0 Å². The number of anilines is 1. The molecule has 0 unspecified atom stereocenters. The zero-order valence-electron chi connectivity index (χ0n) is 12.8. The second-order valence-corrected chi connectivity index (χ2v) is 5.63. The molecule has 4 heteroatoms. The molecular formula is C18H20ClNO2. The smallest absolute Gasteiger partial charge is 0.262 e. The van der Waals surface area contributed by atoms with Crippen LogP contribution in [0.4, 0.5) is 5.69 Å². The molecule has 0 spiro atoms. The minimum Gasteiger partial charge on any atom is -0.483 e. The molecule has 0 aromatic heterocycles. The highest BCUT2D eigenvalue weighted by molar-refractivity contribution is 6.30. The van der Waals surface area contributed by atoms with Crippen LogP contribution in [0.2, 0.25) is 5.02 Å². The summed E-state index contributed by atoms with van der Waals surface area (Å²) in [6.07, 6.45) is 1.03. The highest BCUT2D eigenvalue weighted by Gasteiger charge is 2.11. The van der Waals surface area contributed by atoms with Crippen LogP contribution in [-0.2, 0) is 4.79 Å². The van der Waals surface area contributed by atoms with E-state index in [9.17, 15) is 4.79 Å². The van der Waals surface area contributed by atoms with Crippen molar-refractivity contribution in [1.82, 2.24) is 0 Å². The number of halogens is 1. The number of nitrogens with one attached hydrogen (secondary N) is 1. The molecule has 0 saturated carbocycles. The van der Waals surface area contributed by atoms with E-state index in [0.717, 1.165) is 17.7 Å². The van der Waals surface area contributed by atoms with Crippen molar-refractivity contribution in [2.45, 2.75) is 26.2 Å². The van der Waals surface area contributed by atoms with Gasteiger partial charge in [0.15, 0.2) is 6.61 Å². The summed E-state index contributed by atoms with van der Waals surface area (Å²) < 4.78 is 5.68. The molecule has 116 valence electrons. The summed E-state index contributed by atoms with van der Waals surface area (Å²) in [5, 5.41) is 3.42. The van der Waals surface area contributed by atoms with Gasteiger partial charge in [0.25, 0.3) is 5.91 Å². The molecule has 2 aromatic carbocycles. The van der Waals surface area contributed by atoms with Gasteiger partial charge in [0.2, 0.25) is 0 Å². The van der Waals surface area contributed by atoms with Crippen LogP contribution >= 0.6 is 11.6 Å². The molecule has 0 aliphatic rings. The lowest BCUT2D eigenvalue weighted by molar-refractivity contribution is -0.118. The zero-order valence-corrected chi connectivity index (χ0v) is 13.6. The molecule has 22 heavy (non-hydrogen) atoms. The van der Waals surface area contributed by atoms with E-state index >= 15 is 0 Å². The van der Waals surface area contributed by atoms with Crippen molar-refractivity contribution >= 4 is 23.2 Å². The quantitative estimate of drug-likeness (QED) is 0.825. The molecule has 0 bridgehead atoms. The second-order valence-electron chi connectivity index (χ2n) is 5.19. The SMILES string of the molecule is CC[C@@H](C)c1ccccc1OCC(=O)Nc1ccc(Cl)cc1. The average Bonchev–Trinajstić information content (AvgIpc) is 2.54. The van der Waals surface area contributed by atoms with Crippen LogP contribution in [0.25, 0.3) is 0 Å². The topological polar surface area (TPSA) is 38.3 Å². The van der Waals surface area contributed by atoms with Crippen LogP contribution in [0, 0.1) is 0 Å². The molecule has 0 aliphatic carbocycles. The van der Waals surface area contributed by atoms with Gasteiger partial charge in [-0.3, -0.25) is 4.79 Å². The van der Waals surface area contributed by atoms with Gasteiger partial charge in [0, 0.05) is 10.7 Å². The van der Waals surface area contributed by atoms with E-state index in [0.29, 0.717) is 16.6 Å². The highest BCUT2D eigenvalue weighted by Crippen LogP contribution is 2.28. The molecule has 0 saturated heterocycles. The van der Waals surface area contributed by atoms with Gasteiger partial charge in [-0.15, -0.1) is 0 Å². The van der Waals surface area contributed by atoms with Gasteiger partial charge in [-0.2, -0.15) is 0 Å². The molecule has 0 heterocycles. The van der Waals surface area contributed by atoms with E-state index in [4.69, 9.17) is 16.3 Å². The lowest BCUT2D eigenvalue weighted by Gasteiger charge is -2.15. The van der Waals surface area contributed by atoms with Crippen LogP contribution in [-0.4, -0.2) is 12.5 Å². The second kappa shape index (κ2) is 7.85. The maximum atomic E-state index is 12.0. The Morgan fingerprint density at radius 1 is 1.18 bits per heavy atom. The third kappa shape index (κ3) is 4.50. The van der Waals surface area contributed by atoms with E-state index < -0.39 is 0 Å². The Hall–Kier alpha value is -2.00. The minimum absolute atomic E-state index is 0.0178. The molecule has 2 aromatic rings. The van der Waals surface area contributed by atoms with Gasteiger partial charge < -0.3 is 10.1 Å². The van der Waals surface area contributed by atoms with Crippen molar-refractivity contribution in [2.75, 3.05) is 11.9 Å². The first kappa shape index (κ1) is 16.4. The van der Waals surface area contributed by atoms with Gasteiger partial charge in [0.1, 0.15) is 5.75 Å². The number of ether oxygens (including phenoxy) is 1. The van der Waals surface area contributed by atoms with Gasteiger partial charge in [0.05, 0.1) is 0 Å². The number of hydrogen-bond acceptors (Lipinski definition) is 2. The van der Waals surface area contributed by atoms with E-state index in [1.807, 2.05) is 24.3 Å². The number of rotatable bonds is 6. The van der Waals surface area contributed by atoms with Crippen molar-refractivity contribution in [3.8, 4) is 5.75 Å². The Bertz CT molecular complexity index is 625. The maximum absolute atomic E-state index is 12.0. The van der Waals surface area contributed by atoms with Crippen LogP contribution in [0.5, 0.6) is 5.75 Å². The number of amides is 1. The number of carbonyl (C=O) groups is 1. The fraction of sp³-hybridized carbons (Fsp3) is 0.278. The summed E-state index contributed by atoms with van der Waals surface area (Å²) in [7, 11) is 0. The summed E-state index contributed by atoms with van der Waals surface area (Å²) >= 11 is 5.81. The highest BCUT2D eigenvalue weighted by atomic mass is 35.5. The molecule has 2 rings (SSSR count). The third-order valence-electron chi connectivity index (χ3n) is 3.55. The summed E-state index contributed by atoms with van der Waals surface area (Å²) in [5.74, 6) is 0.972. The first-order chi connectivity index (χ1) is 10.6. The van der Waals surface area contributed by atoms with E-state index in [1.54, 1.807) is 24.3 Å². The number of para-hydroxylation sites is 1. The molecule has 1 atom stereocenters. The van der Waals surface area contributed by atoms with Gasteiger partial charge in [-0.1, -0.05) is 43.6 Å². The average molecular weight is 318 g/mol. The van der Waals surface area contributed by atoms with Crippen molar-refractivity contribution in [3.63, 3.8) is 0 Å². The van der Waals surface area contributed by atoms with Crippen molar-refractivity contribution < 1.29 is 9.53 Å². The Morgan fingerprint density at radius 2 is 1.86 bits per heavy atom. The van der Waals surface area contributed by atoms with Crippen LogP contribution in [0.1, 0.15) is 31.7 Å². The van der Waals surface area contributed by atoms with Crippen molar-refractivity contribution in [3.05, 3.63) is 59.1 Å². The van der Waals surface area contributed by atoms with Crippen LogP contribution < -0.4 is 10.1 Å².